The van der Waals surface area contributed by atoms with Crippen LogP contribution in [-0.2, 0) is 39.6 Å². The molecule has 6 rings (SSSR count). The van der Waals surface area contributed by atoms with Crippen LogP contribution < -0.4 is 20.6 Å². The number of nitrogens with one attached hydrogen (secondary N) is 2. The molecule has 0 saturated heterocycles. The van der Waals surface area contributed by atoms with E-state index in [0.29, 0.717) is 32.2 Å². The third kappa shape index (κ3) is 7.81. The Labute approximate surface area is 315 Å². The number of carbonyl (C=O) groups is 2. The van der Waals surface area contributed by atoms with Crippen LogP contribution in [-0.4, -0.2) is 44.9 Å². The molecule has 268 valence electrons. The van der Waals surface area contributed by atoms with Gasteiger partial charge in [0.2, 0.25) is 11.8 Å². The van der Waals surface area contributed by atoms with Crippen LogP contribution in [0.3, 0.4) is 0 Å². The molecular weight excluding hydrogens is 692 g/mol. The number of amides is 2. The molecule has 10 nitrogen and oxygen atoms in total. The summed E-state index contributed by atoms with van der Waals surface area (Å²) >= 11 is 0. The Bertz CT molecular complexity index is 2270. The first kappa shape index (κ1) is 38.0. The van der Waals surface area contributed by atoms with E-state index < -0.39 is 0 Å². The largest absolute Gasteiger partial charge is 2.00 e. The summed E-state index contributed by atoms with van der Waals surface area (Å²) in [6, 6.07) is 8.01. The van der Waals surface area contributed by atoms with E-state index in [1.165, 1.54) is 0 Å². The second-order valence-corrected chi connectivity index (χ2v) is 13.0. The Kier molecular flexibility index (Phi) is 12.0. The molecule has 0 radical (unpaired) electrons. The molecule has 0 fully saturated rings. The maximum atomic E-state index is 13.0. The van der Waals surface area contributed by atoms with Crippen molar-refractivity contribution in [2.24, 2.45) is 0 Å². The zero-order valence-corrected chi connectivity index (χ0v) is 31.5. The van der Waals surface area contributed by atoms with Crippen molar-refractivity contribution in [1.82, 2.24) is 40.1 Å². The van der Waals surface area contributed by atoms with Crippen molar-refractivity contribution < 1.29 is 26.7 Å². The van der Waals surface area contributed by atoms with Crippen LogP contribution in [0, 0.1) is 13.8 Å². The average Bonchev–Trinajstić information content (AvgIpc) is 3.92. The van der Waals surface area contributed by atoms with Gasteiger partial charge in [-0.2, -0.15) is 0 Å². The zero-order valence-electron chi connectivity index (χ0n) is 30.4. The summed E-state index contributed by atoms with van der Waals surface area (Å²) in [4.78, 5) is 49.8. The van der Waals surface area contributed by atoms with E-state index in [1.54, 1.807) is 19.6 Å². The van der Waals surface area contributed by atoms with Gasteiger partial charge >= 0.3 is 17.1 Å². The van der Waals surface area contributed by atoms with Crippen molar-refractivity contribution in [1.29, 1.82) is 0 Å². The van der Waals surface area contributed by atoms with E-state index in [1.807, 2.05) is 74.9 Å². The monoisotopic (exact) mass is 736 g/mol. The maximum absolute atomic E-state index is 13.0. The van der Waals surface area contributed by atoms with Crippen molar-refractivity contribution >= 4 is 62.2 Å². The molecule has 2 aliphatic heterocycles. The average molecular weight is 737 g/mol. The van der Waals surface area contributed by atoms with Crippen LogP contribution in [0.1, 0.15) is 84.6 Å². The molecule has 0 saturated carbocycles. The topological polar surface area (TPSA) is 130 Å². The normalized spacial score (nSPS) is 12.5. The summed E-state index contributed by atoms with van der Waals surface area (Å²) in [6.07, 6.45) is 11.6. The second kappa shape index (κ2) is 16.4. The van der Waals surface area contributed by atoms with E-state index in [4.69, 9.17) is 19.9 Å². The van der Waals surface area contributed by atoms with Crippen LogP contribution in [0.4, 0.5) is 0 Å². The molecule has 0 aliphatic carbocycles. The van der Waals surface area contributed by atoms with Gasteiger partial charge in [-0.25, -0.2) is 15.0 Å². The molecule has 0 atom stereocenters. The van der Waals surface area contributed by atoms with Gasteiger partial charge in [-0.3, -0.25) is 9.59 Å². The van der Waals surface area contributed by atoms with Gasteiger partial charge in [0.15, 0.2) is 0 Å². The predicted octanol–water partition coefficient (Wildman–Crippen LogP) is 6.74. The number of carbonyl (C=O) groups excluding carboxylic acids is 2. The number of aryl methyl sites for hydroxylation is 4. The SMILES string of the molecule is C=CC1=C(C)c2cc3[n-]c(cc4nc(cc5[n-]c(cc1n2)c(C)c5CCC(=O)NCCCn1ccnc1)C(CCC(=O)NC)=C4C)c(C)c3C=C.[Fe+2]. The third-order valence-electron chi connectivity index (χ3n) is 9.84. The fourth-order valence-electron chi connectivity index (χ4n) is 6.75. The number of imidazole rings is 1. The predicted molar refractivity (Wildman–Crippen MR) is 205 cm³/mol. The van der Waals surface area contributed by atoms with Crippen molar-refractivity contribution in [3.8, 4) is 0 Å². The molecule has 6 heterocycles. The molecule has 0 aromatic carbocycles. The number of rotatable bonds is 12. The molecular formula is C41H44FeN8O2. The van der Waals surface area contributed by atoms with E-state index in [2.05, 4.69) is 28.8 Å². The first-order valence-corrected chi connectivity index (χ1v) is 17.4. The molecule has 0 unspecified atom stereocenters. The number of nitrogens with zero attached hydrogens (tertiary/aromatic N) is 6. The summed E-state index contributed by atoms with van der Waals surface area (Å²) in [6.45, 7) is 17.7. The Hall–Kier alpha value is -5.25. The number of fused-ring (bicyclic) bond motifs is 8. The third-order valence-corrected chi connectivity index (χ3v) is 9.84. The summed E-state index contributed by atoms with van der Waals surface area (Å²) in [5.74, 6) is -0.0555. The molecule has 11 heteroatoms. The van der Waals surface area contributed by atoms with Gasteiger partial charge in [0, 0.05) is 50.9 Å². The van der Waals surface area contributed by atoms with E-state index in [0.717, 1.165) is 102 Å². The molecule has 2 N–H and O–H groups in total. The van der Waals surface area contributed by atoms with Gasteiger partial charge in [-0.15, -0.1) is 22.1 Å². The Morgan fingerprint density at radius 2 is 1.46 bits per heavy atom. The first-order chi connectivity index (χ1) is 24.6. The summed E-state index contributed by atoms with van der Waals surface area (Å²) < 4.78 is 2.00. The Balaban J connectivity index is 0.00000523. The van der Waals surface area contributed by atoms with Crippen LogP contribution >= 0.6 is 0 Å². The zero-order chi connectivity index (χ0) is 36.2. The van der Waals surface area contributed by atoms with Crippen molar-refractivity contribution in [2.45, 2.75) is 66.3 Å². The number of aromatic nitrogens is 6. The summed E-state index contributed by atoms with van der Waals surface area (Å²) in [5.41, 5.74) is 14.0. The van der Waals surface area contributed by atoms with Crippen molar-refractivity contribution in [2.75, 3.05) is 13.6 Å². The van der Waals surface area contributed by atoms with E-state index >= 15 is 0 Å². The van der Waals surface area contributed by atoms with Crippen LogP contribution in [0.15, 0.2) is 62.2 Å². The van der Waals surface area contributed by atoms with Gasteiger partial charge in [0.05, 0.1) is 29.1 Å². The van der Waals surface area contributed by atoms with Gasteiger partial charge in [-0.05, 0) is 69.2 Å². The van der Waals surface area contributed by atoms with E-state index in [9.17, 15) is 9.59 Å². The molecule has 4 aromatic rings. The minimum atomic E-state index is -0.0413. The van der Waals surface area contributed by atoms with E-state index in [-0.39, 0.29) is 28.9 Å². The van der Waals surface area contributed by atoms with Crippen LogP contribution in [0.5, 0.6) is 0 Å². The minimum Gasteiger partial charge on any atom is -0.657 e. The molecule has 2 aliphatic rings. The quantitative estimate of drug-likeness (QED) is 0.122. The molecule has 52 heavy (non-hydrogen) atoms. The maximum Gasteiger partial charge on any atom is 2.00 e. The number of hydrogen-bond donors (Lipinski definition) is 2. The Morgan fingerprint density at radius 1 is 0.808 bits per heavy atom. The smallest absolute Gasteiger partial charge is 0.657 e. The van der Waals surface area contributed by atoms with Gasteiger partial charge < -0.3 is 25.2 Å². The summed E-state index contributed by atoms with van der Waals surface area (Å²) in [7, 11) is 1.65. The second-order valence-electron chi connectivity index (χ2n) is 13.0. The first-order valence-electron chi connectivity index (χ1n) is 17.4. The molecule has 0 spiro atoms. The van der Waals surface area contributed by atoms with Crippen molar-refractivity contribution in [3.05, 3.63) is 107 Å². The van der Waals surface area contributed by atoms with Crippen LogP contribution in [0.25, 0.3) is 50.4 Å². The number of hydrogen-bond acceptors (Lipinski definition) is 5. The Morgan fingerprint density at radius 3 is 2.17 bits per heavy atom. The standard InChI is InChI=1S/C41H46N8O2.Fe/c1-8-28-24(3)32-19-33-26(5)30(11-13-40(50)42-7)38(47-33)22-39-31(12-14-41(51)44-15-10-17-49-18-16-43-23-49)27(6)35(48-39)21-37-29(9-2)25(4)34(46-37)20-36(28)45-32;/h8-9,16,18-23H,1-2,10-15,17H2,3-7H3,(H4,42,44,45,46,47,48,50,51);/q;+2/p-2. The van der Waals surface area contributed by atoms with Gasteiger partial charge in [0.25, 0.3) is 0 Å². The minimum absolute atomic E-state index is 0. The molecule has 2 amide bonds. The van der Waals surface area contributed by atoms with Crippen LogP contribution in [0.2, 0.25) is 0 Å². The van der Waals surface area contributed by atoms with Gasteiger partial charge in [-0.1, -0.05) is 66.3 Å². The fraction of sp³-hybridized carbons (Fsp3) is 0.293. The van der Waals surface area contributed by atoms with Gasteiger partial charge in [0.1, 0.15) is 0 Å². The summed E-state index contributed by atoms with van der Waals surface area (Å²) in [5, 5.41) is 5.80. The molecule has 4 aromatic heterocycles. The molecule has 8 bridgehead atoms. The fourth-order valence-corrected chi connectivity index (χ4v) is 6.75. The number of allylic oxidation sites excluding steroid dienone is 5. The van der Waals surface area contributed by atoms with Crippen molar-refractivity contribution in [3.63, 3.8) is 0 Å².